The van der Waals surface area contributed by atoms with Crippen molar-refractivity contribution in [3.05, 3.63) is 23.7 Å². The predicted octanol–water partition coefficient (Wildman–Crippen LogP) is 4.78. The molecule has 7 heteroatoms. The van der Waals surface area contributed by atoms with Crippen molar-refractivity contribution in [2.75, 3.05) is 6.61 Å². The molecule has 2 atom stereocenters. The van der Waals surface area contributed by atoms with Gasteiger partial charge in [-0.2, -0.15) is 0 Å². The fourth-order valence-electron chi connectivity index (χ4n) is 2.70. The quantitative estimate of drug-likeness (QED) is 0.576. The Labute approximate surface area is 149 Å². The van der Waals surface area contributed by atoms with Crippen LogP contribution in [0.3, 0.4) is 0 Å². The molecule has 1 aliphatic rings. The number of halogens is 1. The number of hydrogen-bond donors (Lipinski definition) is 0. The first-order valence-electron chi connectivity index (χ1n) is 8.45. The lowest BCUT2D eigenvalue weighted by Crippen LogP contribution is -2.42. The number of hydrogen-bond acceptors (Lipinski definition) is 4. The molecule has 1 aliphatic heterocycles. The minimum Gasteiger partial charge on any atom is -0.414 e. The van der Waals surface area contributed by atoms with E-state index >= 15 is 0 Å². The number of rotatable bonds is 4. The lowest BCUT2D eigenvalue weighted by atomic mass is 10.2. The summed E-state index contributed by atoms with van der Waals surface area (Å²) in [5, 5.41) is 1.56. The third-order valence-electron chi connectivity index (χ3n) is 5.29. The molecule has 0 aromatic carbocycles. The highest BCUT2D eigenvalue weighted by molar-refractivity contribution is 6.74. The predicted molar refractivity (Wildman–Crippen MR) is 98.8 cm³/mol. The molecule has 0 unspecified atom stereocenters. The van der Waals surface area contributed by atoms with E-state index in [1.54, 1.807) is 0 Å². The van der Waals surface area contributed by atoms with Gasteiger partial charge < -0.3 is 13.7 Å². The molecule has 24 heavy (non-hydrogen) atoms. The minimum atomic E-state index is -1.74. The molecule has 1 fully saturated rings. The summed E-state index contributed by atoms with van der Waals surface area (Å²) in [4.78, 5) is 8.38. The fourth-order valence-corrected chi connectivity index (χ4v) is 3.93. The van der Waals surface area contributed by atoms with E-state index in [2.05, 4.69) is 48.4 Å². The van der Waals surface area contributed by atoms with Crippen molar-refractivity contribution in [1.29, 1.82) is 0 Å². The van der Waals surface area contributed by atoms with E-state index in [4.69, 9.17) is 20.8 Å². The Balaban J connectivity index is 1.66. The normalized spacial score (nSPS) is 22.4. The summed E-state index contributed by atoms with van der Waals surface area (Å²) in [7, 11) is -1.74. The van der Waals surface area contributed by atoms with Gasteiger partial charge in [-0.15, -0.1) is 0 Å². The summed E-state index contributed by atoms with van der Waals surface area (Å²) in [6, 6.07) is 1.94. The second kappa shape index (κ2) is 6.41. The topological polar surface area (TPSA) is 49.2 Å². The lowest BCUT2D eigenvalue weighted by molar-refractivity contribution is -0.0179. The molecule has 2 aromatic rings. The Hall–Kier alpha value is -0.953. The molecule has 3 rings (SSSR count). The van der Waals surface area contributed by atoms with Crippen molar-refractivity contribution in [2.45, 2.75) is 64.1 Å². The van der Waals surface area contributed by atoms with Gasteiger partial charge in [-0.1, -0.05) is 32.4 Å². The maximum Gasteiger partial charge on any atom is 0.192 e. The zero-order valence-corrected chi connectivity index (χ0v) is 16.8. The number of ether oxygens (including phenoxy) is 1. The van der Waals surface area contributed by atoms with Gasteiger partial charge in [0.15, 0.2) is 8.32 Å². The van der Waals surface area contributed by atoms with Crippen molar-refractivity contribution >= 4 is 31.0 Å². The molecular formula is C17H26ClN3O2Si. The van der Waals surface area contributed by atoms with Gasteiger partial charge in [0.2, 0.25) is 0 Å². The Morgan fingerprint density at radius 2 is 2.08 bits per heavy atom. The maximum absolute atomic E-state index is 6.31. The first-order chi connectivity index (χ1) is 11.2. The van der Waals surface area contributed by atoms with Crippen molar-refractivity contribution < 1.29 is 9.16 Å². The number of aromatic nitrogens is 3. The van der Waals surface area contributed by atoms with Gasteiger partial charge in [0.05, 0.1) is 18.1 Å². The maximum atomic E-state index is 6.31. The van der Waals surface area contributed by atoms with Gasteiger partial charge in [-0.3, -0.25) is 0 Å². The SMILES string of the molecule is CC(C)(C)[Si](C)(C)OC[C@@H]1CC[C@@H](n2ccc3c(Cl)ncnc32)O1. The van der Waals surface area contributed by atoms with Crippen molar-refractivity contribution in [2.24, 2.45) is 0 Å². The molecule has 5 nitrogen and oxygen atoms in total. The van der Waals surface area contributed by atoms with Gasteiger partial charge in [0, 0.05) is 6.20 Å². The van der Waals surface area contributed by atoms with Gasteiger partial charge >= 0.3 is 0 Å². The number of fused-ring (bicyclic) bond motifs is 1. The second-order valence-electron chi connectivity index (χ2n) is 7.99. The van der Waals surface area contributed by atoms with Crippen molar-refractivity contribution in [3.8, 4) is 0 Å². The molecule has 0 amide bonds. The van der Waals surface area contributed by atoms with Crippen LogP contribution in [-0.2, 0) is 9.16 Å². The van der Waals surface area contributed by atoms with Gasteiger partial charge in [-0.25, -0.2) is 9.97 Å². The smallest absolute Gasteiger partial charge is 0.192 e. The zero-order valence-electron chi connectivity index (χ0n) is 15.0. The molecular weight excluding hydrogens is 342 g/mol. The highest BCUT2D eigenvalue weighted by Gasteiger charge is 2.38. The fraction of sp³-hybridized carbons (Fsp3) is 0.647. The van der Waals surface area contributed by atoms with Crippen molar-refractivity contribution in [1.82, 2.24) is 14.5 Å². The van der Waals surface area contributed by atoms with E-state index in [9.17, 15) is 0 Å². The van der Waals surface area contributed by atoms with E-state index in [1.165, 1.54) is 6.33 Å². The highest BCUT2D eigenvalue weighted by Crippen LogP contribution is 2.38. The van der Waals surface area contributed by atoms with E-state index < -0.39 is 8.32 Å². The van der Waals surface area contributed by atoms with Gasteiger partial charge in [0.25, 0.3) is 0 Å². The van der Waals surface area contributed by atoms with Crippen LogP contribution >= 0.6 is 11.6 Å². The largest absolute Gasteiger partial charge is 0.414 e. The van der Waals surface area contributed by atoms with E-state index in [0.29, 0.717) is 11.8 Å². The van der Waals surface area contributed by atoms with Crippen LogP contribution in [0.2, 0.25) is 23.3 Å². The average Bonchev–Trinajstić information content (AvgIpc) is 3.10. The van der Waals surface area contributed by atoms with Crippen LogP contribution in [0.5, 0.6) is 0 Å². The monoisotopic (exact) mass is 367 g/mol. The molecule has 0 bridgehead atoms. The van der Waals surface area contributed by atoms with E-state index in [0.717, 1.165) is 23.9 Å². The third kappa shape index (κ3) is 3.38. The highest BCUT2D eigenvalue weighted by atomic mass is 35.5. The second-order valence-corrected chi connectivity index (χ2v) is 13.2. The Bertz CT molecular complexity index is 726. The van der Waals surface area contributed by atoms with Crippen LogP contribution in [-0.4, -0.2) is 35.6 Å². The summed E-state index contributed by atoms with van der Waals surface area (Å²) in [5.41, 5.74) is 0.825. The average molecular weight is 368 g/mol. The molecule has 0 aliphatic carbocycles. The summed E-state index contributed by atoms with van der Waals surface area (Å²) in [6.45, 7) is 12.0. The Morgan fingerprint density at radius 3 is 2.79 bits per heavy atom. The van der Waals surface area contributed by atoms with Crippen LogP contribution in [0, 0.1) is 0 Å². The molecule has 0 N–H and O–H groups in total. The molecule has 0 radical (unpaired) electrons. The molecule has 132 valence electrons. The third-order valence-corrected chi connectivity index (χ3v) is 10.1. The first-order valence-corrected chi connectivity index (χ1v) is 11.7. The summed E-state index contributed by atoms with van der Waals surface area (Å²) in [6.07, 6.45) is 5.55. The van der Waals surface area contributed by atoms with E-state index in [1.807, 2.05) is 12.3 Å². The lowest BCUT2D eigenvalue weighted by Gasteiger charge is -2.36. The van der Waals surface area contributed by atoms with Gasteiger partial charge in [0.1, 0.15) is 23.4 Å². The zero-order chi connectivity index (χ0) is 17.5. The molecule has 0 saturated carbocycles. The summed E-state index contributed by atoms with van der Waals surface area (Å²) in [5.74, 6) is 0. The molecule has 2 aromatic heterocycles. The van der Waals surface area contributed by atoms with Crippen molar-refractivity contribution in [3.63, 3.8) is 0 Å². The van der Waals surface area contributed by atoms with Crippen LogP contribution < -0.4 is 0 Å². The number of nitrogens with zero attached hydrogens (tertiary/aromatic N) is 3. The van der Waals surface area contributed by atoms with Crippen LogP contribution in [0.25, 0.3) is 11.0 Å². The molecule has 0 spiro atoms. The molecule has 1 saturated heterocycles. The summed E-state index contributed by atoms with van der Waals surface area (Å²) < 4.78 is 14.6. The minimum absolute atomic E-state index is 0.0125. The first kappa shape index (κ1) is 17.9. The van der Waals surface area contributed by atoms with Crippen LogP contribution in [0.15, 0.2) is 18.6 Å². The van der Waals surface area contributed by atoms with Crippen LogP contribution in [0.1, 0.15) is 39.8 Å². The van der Waals surface area contributed by atoms with E-state index in [-0.39, 0.29) is 17.4 Å². The van der Waals surface area contributed by atoms with Gasteiger partial charge in [-0.05, 0) is 37.0 Å². The Morgan fingerprint density at radius 1 is 1.33 bits per heavy atom. The Kier molecular flexibility index (Phi) is 4.77. The molecule has 3 heterocycles. The standard InChI is InChI=1S/C17H26ClN3O2Si/c1-17(2,3)24(4,5)22-10-12-6-7-14(23-12)21-9-8-13-15(18)19-11-20-16(13)21/h8-9,11-12,14H,6-7,10H2,1-5H3/t12-,14-/m0/s1. The summed E-state index contributed by atoms with van der Waals surface area (Å²) >= 11 is 6.13. The van der Waals surface area contributed by atoms with Crippen LogP contribution in [0.4, 0.5) is 0 Å².